The van der Waals surface area contributed by atoms with E-state index in [0.29, 0.717) is 11.7 Å². The fraction of sp³-hybridized carbons (Fsp3) is 0.625. The minimum Gasteiger partial charge on any atom is -0.508 e. The van der Waals surface area contributed by atoms with Crippen LogP contribution < -0.4 is 5.32 Å². The maximum atomic E-state index is 9.84. The van der Waals surface area contributed by atoms with Crippen LogP contribution in [0, 0.1) is 5.92 Å². The lowest BCUT2D eigenvalue weighted by molar-refractivity contribution is 0.170. The van der Waals surface area contributed by atoms with Crippen LogP contribution in [-0.4, -0.2) is 17.2 Å². The van der Waals surface area contributed by atoms with Crippen LogP contribution >= 0.6 is 0 Å². The first-order valence-electron chi connectivity index (χ1n) is 7.16. The Bertz CT molecular complexity index is 380. The lowest BCUT2D eigenvalue weighted by Gasteiger charge is -2.42. The van der Waals surface area contributed by atoms with Gasteiger partial charge in [-0.1, -0.05) is 38.5 Å². The highest BCUT2D eigenvalue weighted by atomic mass is 16.3. The Labute approximate surface area is 110 Å². The summed E-state index contributed by atoms with van der Waals surface area (Å²) in [6.45, 7) is 5.76. The second-order valence-electron chi connectivity index (χ2n) is 5.82. The van der Waals surface area contributed by atoms with Crippen LogP contribution in [0.4, 0.5) is 0 Å². The summed E-state index contributed by atoms with van der Waals surface area (Å²) in [6.07, 6.45) is 5.95. The predicted octanol–water partition coefficient (Wildman–Crippen LogP) is 3.49. The molecular formula is C16H25NO. The third kappa shape index (κ3) is 2.86. The molecular weight excluding hydrogens is 222 g/mol. The van der Waals surface area contributed by atoms with E-state index in [9.17, 15) is 5.11 Å². The smallest absolute Gasteiger partial charge is 0.118 e. The second kappa shape index (κ2) is 5.75. The van der Waals surface area contributed by atoms with Crippen molar-refractivity contribution in [1.29, 1.82) is 0 Å². The molecule has 0 radical (unpaired) electrons. The number of aryl methyl sites for hydroxylation is 1. The van der Waals surface area contributed by atoms with E-state index in [1.165, 1.54) is 19.3 Å². The number of rotatable bonds is 4. The van der Waals surface area contributed by atoms with Crippen molar-refractivity contribution in [2.45, 2.75) is 51.5 Å². The Morgan fingerprint density at radius 2 is 2.06 bits per heavy atom. The average Bonchev–Trinajstić information content (AvgIpc) is 2.39. The molecule has 1 atom stereocenters. The summed E-state index contributed by atoms with van der Waals surface area (Å²) < 4.78 is 0. The van der Waals surface area contributed by atoms with E-state index >= 15 is 0 Å². The molecule has 0 saturated carbocycles. The maximum absolute atomic E-state index is 9.84. The molecule has 2 N–H and O–H groups in total. The van der Waals surface area contributed by atoms with Crippen molar-refractivity contribution < 1.29 is 5.11 Å². The number of phenolic OH excluding ortho intramolecular Hbond substituents is 1. The van der Waals surface area contributed by atoms with Gasteiger partial charge in [0.2, 0.25) is 0 Å². The van der Waals surface area contributed by atoms with Gasteiger partial charge in [-0.3, -0.25) is 0 Å². The first-order chi connectivity index (χ1) is 8.64. The van der Waals surface area contributed by atoms with Gasteiger partial charge in [0, 0.05) is 5.54 Å². The van der Waals surface area contributed by atoms with E-state index in [-0.39, 0.29) is 5.54 Å². The van der Waals surface area contributed by atoms with Crippen molar-refractivity contribution in [2.75, 3.05) is 6.54 Å². The minimum atomic E-state index is 0.264. The quantitative estimate of drug-likeness (QED) is 0.853. The first-order valence-corrected chi connectivity index (χ1v) is 7.16. The van der Waals surface area contributed by atoms with Gasteiger partial charge in [-0.05, 0) is 49.8 Å². The molecule has 18 heavy (non-hydrogen) atoms. The molecule has 1 aliphatic rings. The highest BCUT2D eigenvalue weighted by Gasteiger charge is 2.34. The summed E-state index contributed by atoms with van der Waals surface area (Å²) in [6, 6.07) is 7.71. The average molecular weight is 247 g/mol. The van der Waals surface area contributed by atoms with Crippen molar-refractivity contribution in [2.24, 2.45) is 5.92 Å². The van der Waals surface area contributed by atoms with E-state index < -0.39 is 0 Å². The van der Waals surface area contributed by atoms with E-state index in [0.717, 1.165) is 24.9 Å². The zero-order valence-electron chi connectivity index (χ0n) is 11.6. The number of aromatic hydroxyl groups is 1. The zero-order valence-corrected chi connectivity index (χ0v) is 11.6. The van der Waals surface area contributed by atoms with Crippen molar-refractivity contribution >= 4 is 0 Å². The summed E-state index contributed by atoms with van der Waals surface area (Å²) in [5, 5.41) is 13.6. The molecule has 0 aliphatic carbocycles. The van der Waals surface area contributed by atoms with Crippen LogP contribution in [0.15, 0.2) is 24.3 Å². The standard InChI is InChI=1S/C16H25NO/c1-13(2)16(10-5-6-12-17-16)11-9-14-7-3-4-8-15(14)18/h3-4,7-8,13,17-18H,5-6,9-12H2,1-2H3. The monoisotopic (exact) mass is 247 g/mol. The van der Waals surface area contributed by atoms with Gasteiger partial charge in [0.1, 0.15) is 5.75 Å². The molecule has 1 fully saturated rings. The molecule has 2 rings (SSSR count). The lowest BCUT2D eigenvalue weighted by Crippen LogP contribution is -2.52. The fourth-order valence-electron chi connectivity index (χ4n) is 3.07. The van der Waals surface area contributed by atoms with Gasteiger partial charge in [-0.25, -0.2) is 0 Å². The second-order valence-corrected chi connectivity index (χ2v) is 5.82. The van der Waals surface area contributed by atoms with Crippen LogP contribution in [0.5, 0.6) is 5.75 Å². The molecule has 2 heteroatoms. The Morgan fingerprint density at radius 3 is 2.67 bits per heavy atom. The van der Waals surface area contributed by atoms with Crippen molar-refractivity contribution in [3.8, 4) is 5.75 Å². The number of phenols is 1. The highest BCUT2D eigenvalue weighted by molar-refractivity contribution is 5.32. The largest absolute Gasteiger partial charge is 0.508 e. The number of hydrogen-bond acceptors (Lipinski definition) is 2. The van der Waals surface area contributed by atoms with Crippen LogP contribution in [0.2, 0.25) is 0 Å². The molecule has 1 unspecified atom stereocenters. The molecule has 1 heterocycles. The number of nitrogens with one attached hydrogen (secondary N) is 1. The number of para-hydroxylation sites is 1. The SMILES string of the molecule is CC(C)C1(CCc2ccccc2O)CCCCN1. The minimum absolute atomic E-state index is 0.264. The van der Waals surface area contributed by atoms with Crippen LogP contribution in [0.3, 0.4) is 0 Å². The topological polar surface area (TPSA) is 32.3 Å². The summed E-state index contributed by atoms with van der Waals surface area (Å²) in [5.74, 6) is 1.08. The van der Waals surface area contributed by atoms with Crippen molar-refractivity contribution in [3.05, 3.63) is 29.8 Å². The molecule has 0 aromatic heterocycles. The van der Waals surface area contributed by atoms with Gasteiger partial charge in [0.15, 0.2) is 0 Å². The summed E-state index contributed by atoms with van der Waals surface area (Å²) in [4.78, 5) is 0. The van der Waals surface area contributed by atoms with Gasteiger partial charge in [-0.2, -0.15) is 0 Å². The third-order valence-electron chi connectivity index (χ3n) is 4.46. The maximum Gasteiger partial charge on any atom is 0.118 e. The molecule has 1 aromatic rings. The van der Waals surface area contributed by atoms with Gasteiger partial charge in [0.05, 0.1) is 0 Å². The fourth-order valence-corrected chi connectivity index (χ4v) is 3.07. The van der Waals surface area contributed by atoms with Crippen molar-refractivity contribution in [3.63, 3.8) is 0 Å². The molecule has 0 spiro atoms. The Balaban J connectivity index is 2.04. The molecule has 100 valence electrons. The molecule has 1 saturated heterocycles. The first kappa shape index (κ1) is 13.4. The van der Waals surface area contributed by atoms with E-state index in [1.54, 1.807) is 6.07 Å². The van der Waals surface area contributed by atoms with Crippen LogP contribution in [-0.2, 0) is 6.42 Å². The van der Waals surface area contributed by atoms with Crippen LogP contribution in [0.1, 0.15) is 45.1 Å². The Morgan fingerprint density at radius 1 is 1.28 bits per heavy atom. The van der Waals surface area contributed by atoms with E-state index in [4.69, 9.17) is 0 Å². The van der Waals surface area contributed by atoms with Crippen molar-refractivity contribution in [1.82, 2.24) is 5.32 Å². The predicted molar refractivity (Wildman–Crippen MR) is 75.9 cm³/mol. The molecule has 2 nitrogen and oxygen atoms in total. The summed E-state index contributed by atoms with van der Waals surface area (Å²) >= 11 is 0. The van der Waals surface area contributed by atoms with E-state index in [1.807, 2.05) is 18.2 Å². The summed E-state index contributed by atoms with van der Waals surface area (Å²) in [5.41, 5.74) is 1.34. The normalized spacial score (nSPS) is 24.4. The van der Waals surface area contributed by atoms with Gasteiger partial charge in [-0.15, -0.1) is 0 Å². The third-order valence-corrected chi connectivity index (χ3v) is 4.46. The Kier molecular flexibility index (Phi) is 4.28. The summed E-state index contributed by atoms with van der Waals surface area (Å²) in [7, 11) is 0. The highest BCUT2D eigenvalue weighted by Crippen LogP contribution is 2.32. The number of piperidine rings is 1. The number of hydrogen-bond donors (Lipinski definition) is 2. The zero-order chi connectivity index (χ0) is 13.0. The molecule has 1 aromatic carbocycles. The van der Waals surface area contributed by atoms with Gasteiger partial charge >= 0.3 is 0 Å². The number of benzene rings is 1. The van der Waals surface area contributed by atoms with Crippen LogP contribution in [0.25, 0.3) is 0 Å². The molecule has 0 bridgehead atoms. The van der Waals surface area contributed by atoms with Gasteiger partial charge in [0.25, 0.3) is 0 Å². The lowest BCUT2D eigenvalue weighted by atomic mass is 9.75. The van der Waals surface area contributed by atoms with E-state index in [2.05, 4.69) is 19.2 Å². The molecule has 1 aliphatic heterocycles. The Hall–Kier alpha value is -1.02. The van der Waals surface area contributed by atoms with Gasteiger partial charge < -0.3 is 10.4 Å². The molecule has 0 amide bonds.